The minimum absolute atomic E-state index is 0.131. The van der Waals surface area contributed by atoms with Crippen LogP contribution in [-0.4, -0.2) is 58.1 Å². The Labute approximate surface area is 185 Å². The molecule has 31 heavy (non-hydrogen) atoms. The largest absolute Gasteiger partial charge is 0.496 e. The summed E-state index contributed by atoms with van der Waals surface area (Å²) in [5.74, 6) is 1.82. The van der Waals surface area contributed by atoms with Gasteiger partial charge in [0, 0.05) is 44.4 Å². The van der Waals surface area contributed by atoms with Crippen molar-refractivity contribution in [2.75, 3.05) is 46.2 Å². The number of nitrogens with one attached hydrogen (secondary N) is 2. The van der Waals surface area contributed by atoms with Crippen molar-refractivity contribution < 1.29 is 9.53 Å². The third kappa shape index (κ3) is 5.76. The van der Waals surface area contributed by atoms with Crippen LogP contribution in [0.25, 0.3) is 0 Å². The van der Waals surface area contributed by atoms with Crippen LogP contribution in [0.1, 0.15) is 30.0 Å². The quantitative estimate of drug-likeness (QED) is 0.505. The second-order valence-electron chi connectivity index (χ2n) is 7.84. The van der Waals surface area contributed by atoms with E-state index in [4.69, 9.17) is 4.74 Å². The van der Waals surface area contributed by atoms with E-state index in [2.05, 4.69) is 52.8 Å². The van der Waals surface area contributed by atoms with Crippen molar-refractivity contribution in [1.29, 1.82) is 0 Å². The topological polar surface area (TPSA) is 69.2 Å². The highest BCUT2D eigenvalue weighted by Gasteiger charge is 2.21. The van der Waals surface area contributed by atoms with Gasteiger partial charge in [0.15, 0.2) is 5.96 Å². The summed E-state index contributed by atoms with van der Waals surface area (Å²) in [6, 6.07) is 16.4. The minimum Gasteiger partial charge on any atom is -0.496 e. The van der Waals surface area contributed by atoms with Crippen LogP contribution in [0.4, 0.5) is 5.69 Å². The molecule has 1 aliphatic heterocycles. The van der Waals surface area contributed by atoms with Gasteiger partial charge in [-0.3, -0.25) is 9.79 Å². The van der Waals surface area contributed by atoms with E-state index in [1.807, 2.05) is 35.2 Å². The summed E-state index contributed by atoms with van der Waals surface area (Å²) in [4.78, 5) is 20.3. The van der Waals surface area contributed by atoms with Crippen molar-refractivity contribution in [2.45, 2.75) is 25.4 Å². The van der Waals surface area contributed by atoms with Crippen LogP contribution in [0.15, 0.2) is 53.5 Å². The molecule has 1 fully saturated rings. The Bertz CT molecular complexity index is 895. The van der Waals surface area contributed by atoms with Crippen LogP contribution < -0.4 is 20.3 Å². The molecule has 0 spiro atoms. The highest BCUT2D eigenvalue weighted by atomic mass is 16.5. The molecule has 2 N–H and O–H groups in total. The number of carbonyl (C=O) groups is 1. The van der Waals surface area contributed by atoms with Crippen molar-refractivity contribution in [3.05, 3.63) is 59.7 Å². The molecule has 2 aromatic carbocycles. The van der Waals surface area contributed by atoms with Gasteiger partial charge in [-0.2, -0.15) is 0 Å². The predicted molar refractivity (Wildman–Crippen MR) is 126 cm³/mol. The number of methoxy groups -OCH3 is 1. The molecule has 1 heterocycles. The molecule has 1 saturated heterocycles. The molecule has 0 radical (unpaired) electrons. The van der Waals surface area contributed by atoms with Gasteiger partial charge in [-0.1, -0.05) is 30.3 Å². The maximum Gasteiger partial charge on any atom is 0.227 e. The second-order valence-corrected chi connectivity index (χ2v) is 7.84. The zero-order valence-electron chi connectivity index (χ0n) is 18.9. The van der Waals surface area contributed by atoms with Gasteiger partial charge in [0.2, 0.25) is 5.91 Å². The smallest absolute Gasteiger partial charge is 0.227 e. The van der Waals surface area contributed by atoms with Gasteiger partial charge in [-0.15, -0.1) is 0 Å². The summed E-state index contributed by atoms with van der Waals surface area (Å²) in [5.41, 5.74) is 3.23. The monoisotopic (exact) mass is 423 g/mol. The number of likely N-dealkylation sites (N-methyl/N-ethyl adjacent to an activating group) is 1. The van der Waals surface area contributed by atoms with Crippen LogP contribution in [0.5, 0.6) is 5.75 Å². The minimum atomic E-state index is 0.131. The first-order valence-electron chi connectivity index (χ1n) is 10.7. The summed E-state index contributed by atoms with van der Waals surface area (Å²) in [6.07, 6.45) is 1.58. The second kappa shape index (κ2) is 10.8. The van der Waals surface area contributed by atoms with Gasteiger partial charge in [0.1, 0.15) is 5.75 Å². The molecule has 7 heteroatoms. The highest BCUT2D eigenvalue weighted by Crippen LogP contribution is 2.27. The zero-order valence-corrected chi connectivity index (χ0v) is 18.9. The number of anilines is 1. The third-order valence-electron chi connectivity index (χ3n) is 5.59. The number of amides is 1. The Hall–Kier alpha value is -3.06. The lowest BCUT2D eigenvalue weighted by Crippen LogP contribution is -2.41. The Balaban J connectivity index is 1.57. The first kappa shape index (κ1) is 22.6. The van der Waals surface area contributed by atoms with Crippen LogP contribution in [-0.2, 0) is 11.3 Å². The van der Waals surface area contributed by atoms with Crippen molar-refractivity contribution >= 4 is 17.6 Å². The fraction of sp³-hybridized carbons (Fsp3) is 0.417. The first-order chi connectivity index (χ1) is 15.0. The predicted octanol–water partition coefficient (Wildman–Crippen LogP) is 2.79. The molecule has 1 amide bonds. The average molecular weight is 424 g/mol. The number of rotatable bonds is 8. The van der Waals surface area contributed by atoms with E-state index in [0.29, 0.717) is 19.5 Å². The van der Waals surface area contributed by atoms with Gasteiger partial charge in [-0.05, 0) is 44.3 Å². The molecular weight excluding hydrogens is 390 g/mol. The number of hydrogen-bond donors (Lipinski definition) is 2. The average Bonchev–Trinajstić information content (AvgIpc) is 3.22. The fourth-order valence-corrected chi connectivity index (χ4v) is 3.83. The van der Waals surface area contributed by atoms with Gasteiger partial charge in [0.25, 0.3) is 0 Å². The normalized spacial score (nSPS) is 15.3. The van der Waals surface area contributed by atoms with E-state index in [1.165, 1.54) is 0 Å². The van der Waals surface area contributed by atoms with Crippen molar-refractivity contribution in [3.63, 3.8) is 0 Å². The number of benzene rings is 2. The van der Waals surface area contributed by atoms with Crippen LogP contribution in [0.2, 0.25) is 0 Å². The number of ether oxygens (including phenoxy) is 1. The van der Waals surface area contributed by atoms with Gasteiger partial charge < -0.3 is 25.2 Å². The molecule has 0 bridgehead atoms. The molecule has 0 aromatic heterocycles. The van der Waals surface area contributed by atoms with Crippen LogP contribution >= 0.6 is 0 Å². The number of aliphatic imine (C=N–C) groups is 1. The van der Waals surface area contributed by atoms with E-state index in [0.717, 1.165) is 41.5 Å². The van der Waals surface area contributed by atoms with E-state index in [9.17, 15) is 4.79 Å². The molecule has 1 unspecified atom stereocenters. The standard InChI is InChI=1S/C24H33N5O2/c1-25-24(27-17-21(28(2)3)20-8-5-6-9-22(20)31-4)26-16-18-11-13-19(14-12-18)29-15-7-10-23(29)30/h5-6,8-9,11-14,21H,7,10,15-17H2,1-4H3,(H2,25,26,27). The first-order valence-corrected chi connectivity index (χ1v) is 10.7. The van der Waals surface area contributed by atoms with Crippen molar-refractivity contribution in [2.24, 2.45) is 4.99 Å². The lowest BCUT2D eigenvalue weighted by atomic mass is 10.0. The van der Waals surface area contributed by atoms with E-state index < -0.39 is 0 Å². The lowest BCUT2D eigenvalue weighted by Gasteiger charge is -2.27. The Morgan fingerprint density at radius 3 is 2.52 bits per heavy atom. The molecule has 0 saturated carbocycles. The molecule has 1 atom stereocenters. The summed E-state index contributed by atoms with van der Waals surface area (Å²) in [6.45, 7) is 2.14. The molecule has 2 aromatic rings. The number of hydrogen-bond acceptors (Lipinski definition) is 4. The summed E-state index contributed by atoms with van der Waals surface area (Å²) in [5, 5.41) is 6.79. The lowest BCUT2D eigenvalue weighted by molar-refractivity contribution is -0.117. The van der Waals surface area contributed by atoms with E-state index >= 15 is 0 Å². The molecule has 0 aliphatic carbocycles. The van der Waals surface area contributed by atoms with Crippen LogP contribution in [0, 0.1) is 0 Å². The summed E-state index contributed by atoms with van der Waals surface area (Å²) < 4.78 is 5.54. The maximum atomic E-state index is 11.9. The molecule has 7 nitrogen and oxygen atoms in total. The Morgan fingerprint density at radius 1 is 1.16 bits per heavy atom. The van der Waals surface area contributed by atoms with E-state index in [1.54, 1.807) is 14.2 Å². The molecule has 1 aliphatic rings. The Morgan fingerprint density at radius 2 is 1.90 bits per heavy atom. The fourth-order valence-electron chi connectivity index (χ4n) is 3.83. The summed E-state index contributed by atoms with van der Waals surface area (Å²) >= 11 is 0. The number of para-hydroxylation sites is 1. The number of guanidine groups is 1. The molecular formula is C24H33N5O2. The van der Waals surface area contributed by atoms with Crippen molar-refractivity contribution in [1.82, 2.24) is 15.5 Å². The molecule has 3 rings (SSSR count). The Kier molecular flexibility index (Phi) is 7.89. The SMILES string of the molecule is CN=C(NCc1ccc(N2CCCC2=O)cc1)NCC(c1ccccc1OC)N(C)C. The van der Waals surface area contributed by atoms with Crippen molar-refractivity contribution in [3.8, 4) is 5.75 Å². The van der Waals surface area contributed by atoms with Gasteiger partial charge >= 0.3 is 0 Å². The van der Waals surface area contributed by atoms with Gasteiger partial charge in [-0.25, -0.2) is 0 Å². The number of carbonyl (C=O) groups excluding carboxylic acids is 1. The van der Waals surface area contributed by atoms with Crippen LogP contribution in [0.3, 0.4) is 0 Å². The number of nitrogens with zero attached hydrogens (tertiary/aromatic N) is 3. The summed E-state index contributed by atoms with van der Waals surface area (Å²) in [7, 11) is 7.58. The third-order valence-corrected chi connectivity index (χ3v) is 5.59. The van der Waals surface area contributed by atoms with Gasteiger partial charge in [0.05, 0.1) is 13.2 Å². The molecule has 166 valence electrons. The maximum absolute atomic E-state index is 11.9. The highest BCUT2D eigenvalue weighted by molar-refractivity contribution is 5.95. The van der Waals surface area contributed by atoms with E-state index in [-0.39, 0.29) is 11.9 Å². The zero-order chi connectivity index (χ0) is 22.2.